The lowest BCUT2D eigenvalue weighted by molar-refractivity contribution is -0.216. The van der Waals surface area contributed by atoms with Gasteiger partial charge in [-0.1, -0.05) is 24.3 Å². The predicted octanol–water partition coefficient (Wildman–Crippen LogP) is 5.71. The van der Waals surface area contributed by atoms with Crippen LogP contribution >= 0.6 is 0 Å². The minimum atomic E-state index is -5.16. The highest BCUT2D eigenvalue weighted by molar-refractivity contribution is 5.94. The summed E-state index contributed by atoms with van der Waals surface area (Å²) in [5, 5.41) is 0. The van der Waals surface area contributed by atoms with E-state index in [9.17, 15) is 35.9 Å². The maximum Gasteiger partial charge on any atom is 0.490 e. The highest BCUT2D eigenvalue weighted by Gasteiger charge is 2.51. The van der Waals surface area contributed by atoms with Gasteiger partial charge in [0, 0.05) is 42.7 Å². The van der Waals surface area contributed by atoms with Gasteiger partial charge >= 0.3 is 18.3 Å². The molecule has 0 saturated carbocycles. The maximum absolute atomic E-state index is 13.2. The van der Waals surface area contributed by atoms with Crippen LogP contribution in [-0.2, 0) is 22.3 Å². The van der Waals surface area contributed by atoms with E-state index in [0.29, 0.717) is 31.9 Å². The first kappa shape index (κ1) is 29.7. The first-order valence-corrected chi connectivity index (χ1v) is 13.0. The second-order valence-corrected chi connectivity index (χ2v) is 10.2. The summed E-state index contributed by atoms with van der Waals surface area (Å²) < 4.78 is 89.6. The van der Waals surface area contributed by atoms with Crippen LogP contribution in [0.1, 0.15) is 47.7 Å². The van der Waals surface area contributed by atoms with E-state index in [1.54, 1.807) is 0 Å². The fourth-order valence-electron chi connectivity index (χ4n) is 5.47. The number of alkyl halides is 6. The third-order valence-electron chi connectivity index (χ3n) is 7.66. The summed E-state index contributed by atoms with van der Waals surface area (Å²) in [5.41, 5.74) is -1.01. The molecule has 12 heteroatoms. The van der Waals surface area contributed by atoms with E-state index in [0.717, 1.165) is 23.8 Å². The molecule has 0 aromatic heterocycles. The average molecular weight is 573 g/mol. The van der Waals surface area contributed by atoms with Crippen LogP contribution in [0.25, 0.3) is 0 Å². The fourth-order valence-corrected chi connectivity index (χ4v) is 5.47. The van der Waals surface area contributed by atoms with Crippen LogP contribution in [0.3, 0.4) is 0 Å². The quantitative estimate of drug-likeness (QED) is 0.328. The van der Waals surface area contributed by atoms with Crippen LogP contribution in [0, 0.1) is 5.41 Å². The van der Waals surface area contributed by atoms with Crippen molar-refractivity contribution in [3.05, 3.63) is 65.2 Å². The van der Waals surface area contributed by atoms with Crippen molar-refractivity contribution < 1.29 is 45.4 Å². The van der Waals surface area contributed by atoms with Gasteiger partial charge < -0.3 is 14.4 Å². The van der Waals surface area contributed by atoms with Crippen molar-refractivity contribution in [1.29, 1.82) is 0 Å². The number of rotatable bonds is 6. The molecule has 2 aromatic carbocycles. The van der Waals surface area contributed by atoms with Crippen molar-refractivity contribution in [1.82, 2.24) is 9.80 Å². The van der Waals surface area contributed by atoms with E-state index >= 15 is 0 Å². The Bertz CT molecular complexity index is 1210. The van der Waals surface area contributed by atoms with Gasteiger partial charge in [0.15, 0.2) is 0 Å². The molecule has 2 aliphatic heterocycles. The molecule has 0 N–H and O–H groups in total. The number of nitrogens with zero attached hydrogens (tertiary/aromatic N) is 2. The Kier molecular flexibility index (Phi) is 8.67. The normalized spacial score (nSPS) is 19.9. The predicted molar refractivity (Wildman–Crippen MR) is 132 cm³/mol. The molecule has 40 heavy (non-hydrogen) atoms. The Balaban J connectivity index is 1.49. The zero-order chi connectivity index (χ0) is 29.1. The molecule has 2 fully saturated rings. The molecule has 6 nitrogen and oxygen atoms in total. The largest absolute Gasteiger partial charge is 0.494 e. The van der Waals surface area contributed by atoms with Gasteiger partial charge in [-0.15, -0.1) is 0 Å². The third kappa shape index (κ3) is 6.71. The minimum absolute atomic E-state index is 0.0594. The summed E-state index contributed by atoms with van der Waals surface area (Å²) in [7, 11) is 0. The second kappa shape index (κ2) is 11.7. The van der Waals surface area contributed by atoms with Gasteiger partial charge in [-0.2, -0.15) is 26.3 Å². The van der Waals surface area contributed by atoms with E-state index in [2.05, 4.69) is 0 Å². The number of hydrogen-bond acceptors (Lipinski definition) is 5. The zero-order valence-electron chi connectivity index (χ0n) is 21.9. The van der Waals surface area contributed by atoms with Gasteiger partial charge in [-0.3, -0.25) is 9.69 Å². The Morgan fingerprint density at radius 3 is 2.27 bits per heavy atom. The number of carbonyl (C=O) groups excluding carboxylic acids is 2. The zero-order valence-corrected chi connectivity index (χ0v) is 21.9. The van der Waals surface area contributed by atoms with Gasteiger partial charge in [0.2, 0.25) is 0 Å². The number of carbonyl (C=O) groups is 2. The molecular weight excluding hydrogens is 542 g/mol. The molecule has 2 aliphatic rings. The Labute approximate surface area is 227 Å². The van der Waals surface area contributed by atoms with Gasteiger partial charge in [0.25, 0.3) is 5.91 Å². The van der Waals surface area contributed by atoms with Crippen LogP contribution in [0.4, 0.5) is 26.3 Å². The van der Waals surface area contributed by atoms with Crippen molar-refractivity contribution in [3.63, 3.8) is 0 Å². The number of amides is 1. The Morgan fingerprint density at radius 1 is 0.950 bits per heavy atom. The van der Waals surface area contributed by atoms with Gasteiger partial charge in [-0.25, -0.2) is 4.79 Å². The summed E-state index contributed by atoms with van der Waals surface area (Å²) in [5.74, 6) is -2.19. The lowest BCUT2D eigenvalue weighted by Crippen LogP contribution is -2.57. The SMILES string of the molecule is CCOc1ccccc1CN1CCC2(CCN(C(=O)c3cccc(C(F)(F)F)c3)CC2)C(OC(=O)C(F)(F)F)C1. The summed E-state index contributed by atoms with van der Waals surface area (Å²) >= 11 is 0. The van der Waals surface area contributed by atoms with Crippen molar-refractivity contribution in [3.8, 4) is 5.75 Å². The van der Waals surface area contributed by atoms with E-state index in [1.165, 1.54) is 11.0 Å². The second-order valence-electron chi connectivity index (χ2n) is 10.2. The molecule has 1 amide bonds. The monoisotopic (exact) mass is 572 g/mol. The van der Waals surface area contributed by atoms with Crippen molar-refractivity contribution >= 4 is 11.9 Å². The van der Waals surface area contributed by atoms with Crippen LogP contribution < -0.4 is 4.74 Å². The number of benzene rings is 2. The molecule has 4 rings (SSSR count). The van der Waals surface area contributed by atoms with E-state index in [1.807, 2.05) is 36.1 Å². The smallest absolute Gasteiger partial charge is 0.490 e. The summed E-state index contributed by atoms with van der Waals surface area (Å²) in [6.07, 6.45) is -9.93. The van der Waals surface area contributed by atoms with Crippen molar-refractivity contribution in [2.45, 2.75) is 51.2 Å². The molecule has 1 spiro atoms. The number of ether oxygens (including phenoxy) is 2. The fraction of sp³-hybridized carbons (Fsp3) is 0.500. The molecule has 1 atom stereocenters. The summed E-state index contributed by atoms with van der Waals surface area (Å²) in [4.78, 5) is 28.2. The van der Waals surface area contributed by atoms with Gasteiger partial charge in [0.05, 0.1) is 12.2 Å². The topological polar surface area (TPSA) is 59.1 Å². The van der Waals surface area contributed by atoms with Crippen molar-refractivity contribution in [2.24, 2.45) is 5.41 Å². The molecule has 0 radical (unpaired) electrons. The number of para-hydroxylation sites is 1. The van der Waals surface area contributed by atoms with E-state index in [4.69, 9.17) is 9.47 Å². The molecular formula is C28H30F6N2O4. The highest BCUT2D eigenvalue weighted by Crippen LogP contribution is 2.44. The number of hydrogen-bond donors (Lipinski definition) is 0. The average Bonchev–Trinajstić information content (AvgIpc) is 2.91. The highest BCUT2D eigenvalue weighted by atomic mass is 19.4. The minimum Gasteiger partial charge on any atom is -0.494 e. The van der Waals surface area contributed by atoms with Crippen LogP contribution in [0.15, 0.2) is 48.5 Å². The maximum atomic E-state index is 13.2. The van der Waals surface area contributed by atoms with E-state index < -0.39 is 41.3 Å². The molecule has 0 aliphatic carbocycles. The molecule has 218 valence electrons. The number of esters is 1. The molecule has 0 bridgehead atoms. The summed E-state index contributed by atoms with van der Waals surface area (Å²) in [6.45, 7) is 3.48. The third-order valence-corrected chi connectivity index (χ3v) is 7.66. The molecule has 1 unspecified atom stereocenters. The van der Waals surface area contributed by atoms with Crippen LogP contribution in [-0.4, -0.2) is 66.7 Å². The first-order valence-electron chi connectivity index (χ1n) is 13.0. The number of halogens is 6. The number of piperidine rings is 2. The lowest BCUT2D eigenvalue weighted by atomic mass is 9.69. The van der Waals surface area contributed by atoms with Gasteiger partial charge in [-0.05, 0) is 57.0 Å². The van der Waals surface area contributed by atoms with Gasteiger partial charge in [0.1, 0.15) is 11.9 Å². The first-order chi connectivity index (χ1) is 18.8. The molecule has 2 aromatic rings. The summed E-state index contributed by atoms with van der Waals surface area (Å²) in [6, 6.07) is 11.5. The molecule has 2 heterocycles. The van der Waals surface area contributed by atoms with Crippen LogP contribution in [0.5, 0.6) is 5.75 Å². The standard InChI is InChI=1S/C28H30F6N2O4/c1-2-39-22-9-4-3-6-20(22)17-35-13-10-26(23(18-35)40-25(38)28(32,33)34)11-14-36(15-12-26)24(37)19-7-5-8-21(16-19)27(29,30)31/h3-9,16,23H,2,10-15,17-18H2,1H3. The number of likely N-dealkylation sites (tertiary alicyclic amines) is 2. The van der Waals surface area contributed by atoms with Crippen LogP contribution in [0.2, 0.25) is 0 Å². The Hall–Kier alpha value is -3.28. The van der Waals surface area contributed by atoms with E-state index in [-0.39, 0.29) is 38.0 Å². The molecule has 2 saturated heterocycles. The van der Waals surface area contributed by atoms with Crippen molar-refractivity contribution in [2.75, 3.05) is 32.8 Å². The Morgan fingerprint density at radius 2 is 1.62 bits per heavy atom. The lowest BCUT2D eigenvalue weighted by Gasteiger charge is -2.51.